The van der Waals surface area contributed by atoms with Gasteiger partial charge in [-0.15, -0.1) is 69.1 Å². The Morgan fingerprint density at radius 3 is 1.52 bits per heavy atom. The van der Waals surface area contributed by atoms with Crippen LogP contribution in [0.25, 0.3) is 43.8 Å². The number of hydrogen-bond donors (Lipinski definition) is 0. The largest absolute Gasteiger partial charge is 4.00 e. The van der Waals surface area contributed by atoms with Crippen molar-refractivity contribution in [2.24, 2.45) is 0 Å². The Kier molecular flexibility index (Phi) is 20.7. The number of aryl methyl sites for hydroxylation is 2. The minimum Gasteiger partial charge on any atom is -1.00 e. The van der Waals surface area contributed by atoms with Gasteiger partial charge in [-0.25, -0.2) is 0 Å². The Morgan fingerprint density at radius 2 is 1.05 bits per heavy atom. The molecule has 0 atom stereocenters. The molecule has 0 radical (unpaired) electrons. The maximum Gasteiger partial charge on any atom is 4.00 e. The first kappa shape index (κ1) is 51.0. The quantitative estimate of drug-likeness (QED) is 0.142. The Labute approximate surface area is 410 Å². The van der Waals surface area contributed by atoms with Gasteiger partial charge in [0.25, 0.3) is 0 Å². The van der Waals surface area contributed by atoms with Crippen LogP contribution in [0.5, 0.6) is 0 Å². The van der Waals surface area contributed by atoms with Crippen LogP contribution in [0.2, 0.25) is 26.2 Å². The van der Waals surface area contributed by atoms with Crippen molar-refractivity contribution in [1.82, 2.24) is 0 Å². The average Bonchev–Trinajstić information content (AvgIpc) is 4.03. The molecule has 296 valence electrons. The first-order chi connectivity index (χ1) is 27.2. The summed E-state index contributed by atoms with van der Waals surface area (Å²) < 4.78 is 10.6. The van der Waals surface area contributed by atoms with Gasteiger partial charge < -0.3 is 34.3 Å². The van der Waals surface area contributed by atoms with Crippen molar-refractivity contribution in [2.75, 3.05) is 13.2 Å². The predicted molar refractivity (Wildman–Crippen MR) is 247 cm³/mol. The normalized spacial score (nSPS) is 13.4. The smallest absolute Gasteiger partial charge is 1.00 e. The summed E-state index contributed by atoms with van der Waals surface area (Å²) in [5, 5.41) is 5.37. The standard InChI is InChI=1S/2C16H13.2C10H12OSi.2ClH.2Zr/c2*1-12-10-14-8-5-9-15(16(14)11-12)13-6-3-2-4-7-13;1-12(2)7-8-3-9-5-11-6-10(9)4-8;1-12(2)7-8-5-9-3-4-11-10(9)6-8;;;;/h2*2-11H,1H3;3-5,7H,6H2,1-2H3;3,5-7H,4H2,1-2H3;2*1H;;/q2*-1;;;;;2*+4/p-2. The second-order valence-electron chi connectivity index (χ2n) is 15.2. The van der Waals surface area contributed by atoms with Crippen LogP contribution in [-0.4, -0.2) is 41.4 Å². The van der Waals surface area contributed by atoms with E-state index in [9.17, 15) is 0 Å². The second-order valence-corrected chi connectivity index (χ2v) is 20.1. The average molecular weight is 1020 g/mol. The molecule has 6 aromatic carbocycles. The summed E-state index contributed by atoms with van der Waals surface area (Å²) in [5.41, 5.74) is 19.2. The number of fused-ring (bicyclic) bond motifs is 4. The first-order valence-electron chi connectivity index (χ1n) is 19.4. The van der Waals surface area contributed by atoms with Gasteiger partial charge in [-0.1, -0.05) is 135 Å². The van der Waals surface area contributed by atoms with Crippen molar-refractivity contribution in [2.45, 2.75) is 40.0 Å². The molecule has 0 N–H and O–H groups in total. The minimum absolute atomic E-state index is 0. The Balaban J connectivity index is 0.000000211. The van der Waals surface area contributed by atoms with E-state index in [-0.39, 0.29) is 94.0 Å². The van der Waals surface area contributed by atoms with Crippen molar-refractivity contribution in [3.8, 4) is 22.3 Å². The van der Waals surface area contributed by atoms with Crippen molar-refractivity contribution in [3.05, 3.63) is 203 Å². The number of rotatable bonds is 4. The topological polar surface area (TPSA) is 18.5 Å². The number of benzene rings is 4. The molecule has 0 spiro atoms. The third-order valence-corrected chi connectivity index (χ3v) is 11.6. The molecule has 0 unspecified atom stereocenters. The summed E-state index contributed by atoms with van der Waals surface area (Å²) in [5.74, 6) is 1.06. The zero-order valence-corrected chi connectivity index (χ0v) is 43.6. The molecule has 2 aliphatic carbocycles. The molecule has 60 heavy (non-hydrogen) atoms. The van der Waals surface area contributed by atoms with Gasteiger partial charge in [0, 0.05) is 33.5 Å². The van der Waals surface area contributed by atoms with E-state index < -0.39 is 0 Å². The summed E-state index contributed by atoms with van der Waals surface area (Å²) >= 11 is 0. The van der Waals surface area contributed by atoms with Gasteiger partial charge >= 0.3 is 52.4 Å². The minimum atomic E-state index is -0.269. The van der Waals surface area contributed by atoms with E-state index >= 15 is 0 Å². The third kappa shape index (κ3) is 13.3. The molecule has 0 aromatic heterocycles. The molecule has 0 fully saturated rings. The second kappa shape index (κ2) is 24.3. The number of allylic oxidation sites excluding steroid dienone is 6. The van der Waals surface area contributed by atoms with Gasteiger partial charge in [0.15, 0.2) is 0 Å². The van der Waals surface area contributed by atoms with Crippen LogP contribution < -0.4 is 24.8 Å². The van der Waals surface area contributed by atoms with Crippen LogP contribution >= 0.6 is 0 Å². The van der Waals surface area contributed by atoms with Crippen LogP contribution in [0, 0.1) is 13.8 Å². The van der Waals surface area contributed by atoms with Gasteiger partial charge in [-0.3, -0.25) is 0 Å². The monoisotopic (exact) mass is 1010 g/mol. The summed E-state index contributed by atoms with van der Waals surface area (Å²) in [4.78, 5) is 0. The van der Waals surface area contributed by atoms with E-state index in [4.69, 9.17) is 9.47 Å². The molecule has 8 heteroatoms. The molecule has 0 saturated carbocycles. The molecule has 6 aromatic rings. The Hall–Kier alpha value is -3.34. The Bertz CT molecular complexity index is 2450. The molecule has 0 bridgehead atoms. The van der Waals surface area contributed by atoms with E-state index in [1.807, 2.05) is 6.26 Å². The predicted octanol–water partition coefficient (Wildman–Crippen LogP) is 6.88. The zero-order chi connectivity index (χ0) is 39.0. The third-order valence-electron chi connectivity index (χ3n) is 9.80. The van der Waals surface area contributed by atoms with Crippen LogP contribution in [0.1, 0.15) is 11.1 Å². The zero-order valence-electron chi connectivity index (χ0n) is 35.2. The fourth-order valence-electron chi connectivity index (χ4n) is 7.43. The van der Waals surface area contributed by atoms with Gasteiger partial charge in [0.2, 0.25) is 0 Å². The van der Waals surface area contributed by atoms with Gasteiger partial charge in [0.1, 0.15) is 19.0 Å². The molecule has 2 nitrogen and oxygen atoms in total. The summed E-state index contributed by atoms with van der Waals surface area (Å²) in [6.45, 7) is 15.0. The molecule has 0 amide bonds. The van der Waals surface area contributed by atoms with Crippen molar-refractivity contribution in [3.63, 3.8) is 0 Å². The van der Waals surface area contributed by atoms with E-state index in [2.05, 4.69) is 203 Å². The number of halogens is 2. The molecular formula is C52H50Cl2O2Si2Zr2+4. The van der Waals surface area contributed by atoms with Gasteiger partial charge in [-0.2, -0.15) is 12.1 Å². The molecule has 2 heterocycles. The van der Waals surface area contributed by atoms with E-state index in [1.54, 1.807) is 0 Å². The maximum atomic E-state index is 5.40. The molecule has 10 rings (SSSR count). The summed E-state index contributed by atoms with van der Waals surface area (Å²) in [7, 11) is -0.522. The van der Waals surface area contributed by atoms with Crippen LogP contribution in [0.15, 0.2) is 192 Å². The molecular weight excluding hydrogens is 966 g/mol. The van der Waals surface area contributed by atoms with Crippen molar-refractivity contribution < 1.29 is 86.7 Å². The maximum absolute atomic E-state index is 5.40. The van der Waals surface area contributed by atoms with Crippen molar-refractivity contribution >= 4 is 49.7 Å². The molecule has 2 aliphatic heterocycles. The molecule has 4 aliphatic rings. The van der Waals surface area contributed by atoms with Gasteiger partial charge in [0.05, 0.1) is 6.26 Å². The van der Waals surface area contributed by atoms with E-state index in [1.165, 1.54) is 82.8 Å². The summed E-state index contributed by atoms with van der Waals surface area (Å²) in [6, 6.07) is 43.1. The first-order valence-corrected chi connectivity index (χ1v) is 24.6. The van der Waals surface area contributed by atoms with Crippen LogP contribution in [0.3, 0.4) is 0 Å². The van der Waals surface area contributed by atoms with Crippen molar-refractivity contribution in [1.29, 1.82) is 0 Å². The molecule has 0 saturated heterocycles. The van der Waals surface area contributed by atoms with E-state index in [0.29, 0.717) is 0 Å². The Morgan fingerprint density at radius 1 is 0.567 bits per heavy atom. The van der Waals surface area contributed by atoms with Crippen LogP contribution in [0.4, 0.5) is 0 Å². The number of hydrogen-bond acceptors (Lipinski definition) is 2. The van der Waals surface area contributed by atoms with Gasteiger partial charge in [-0.05, 0) is 52.7 Å². The SMILES string of the molecule is C[Si](C)=CC1=CC2=CCOC2=C1.C[Si](C)=CC1=CC2=COCC2=C1.Cc1cc2c(-c3ccccc3)cccc2[cH-]1.Cc1cc2c(-c3ccccc3)cccc2[cH-]1.[Cl-].[Cl-].[Zr+4].[Zr+4]. The van der Waals surface area contributed by atoms with E-state index in [0.717, 1.165) is 19.0 Å². The summed E-state index contributed by atoms with van der Waals surface area (Å²) in [6.07, 6.45) is 12.8. The number of ether oxygens (including phenoxy) is 2. The fraction of sp³-hybridized carbons (Fsp3) is 0.154. The van der Waals surface area contributed by atoms with Crippen LogP contribution in [-0.2, 0) is 61.9 Å². The fourth-order valence-corrected chi connectivity index (χ4v) is 9.10.